The lowest BCUT2D eigenvalue weighted by atomic mass is 10.3. The van der Waals surface area contributed by atoms with Crippen LogP contribution in [0, 0.1) is 0 Å². The number of rotatable bonds is 5. The largest absolute Gasteiger partial charge is 0.477 e. The molecule has 82 valence electrons. The molecular formula is C9H11NO3S2. The second-order valence-electron chi connectivity index (χ2n) is 2.87. The normalized spacial score (nSPS) is 12.3. The Labute approximate surface area is 95.5 Å². The summed E-state index contributed by atoms with van der Waals surface area (Å²) in [5.74, 6) is -1.32. The van der Waals surface area contributed by atoms with E-state index in [4.69, 9.17) is 10.8 Å². The van der Waals surface area contributed by atoms with Gasteiger partial charge in [0.25, 0.3) is 0 Å². The molecule has 0 aromatic carbocycles. The van der Waals surface area contributed by atoms with Crippen molar-refractivity contribution in [3.05, 3.63) is 16.3 Å². The minimum Gasteiger partial charge on any atom is -0.477 e. The van der Waals surface area contributed by atoms with Crippen LogP contribution in [0.2, 0.25) is 0 Å². The van der Waals surface area contributed by atoms with E-state index >= 15 is 0 Å². The summed E-state index contributed by atoms with van der Waals surface area (Å²) in [6.07, 6.45) is 0.637. The number of carboxylic acids is 1. The van der Waals surface area contributed by atoms with E-state index in [1.807, 2.05) is 6.92 Å². The topological polar surface area (TPSA) is 80.4 Å². The molecule has 1 rings (SSSR count). The van der Waals surface area contributed by atoms with E-state index in [0.29, 0.717) is 6.42 Å². The fourth-order valence-electron chi connectivity index (χ4n) is 1.000. The molecule has 0 aliphatic heterocycles. The minimum absolute atomic E-state index is 0.275. The molecule has 1 amide bonds. The first-order chi connectivity index (χ1) is 7.04. The molecule has 0 aliphatic carbocycles. The SMILES string of the molecule is CCC(Sc1csc(C(=O)O)c1)C(N)=O. The molecule has 0 saturated carbocycles. The van der Waals surface area contributed by atoms with Crippen molar-refractivity contribution in [3.8, 4) is 0 Å². The van der Waals surface area contributed by atoms with Crippen LogP contribution in [-0.4, -0.2) is 22.2 Å². The Hall–Kier alpha value is -1.01. The maximum Gasteiger partial charge on any atom is 0.345 e. The molecule has 1 unspecified atom stereocenters. The van der Waals surface area contributed by atoms with Crippen molar-refractivity contribution in [2.45, 2.75) is 23.5 Å². The predicted molar refractivity (Wildman–Crippen MR) is 60.4 cm³/mol. The number of carbonyl (C=O) groups is 2. The highest BCUT2D eigenvalue weighted by atomic mass is 32.2. The summed E-state index contributed by atoms with van der Waals surface area (Å²) in [4.78, 5) is 22.6. The van der Waals surface area contributed by atoms with Crippen molar-refractivity contribution >= 4 is 35.0 Å². The van der Waals surface area contributed by atoms with E-state index in [1.165, 1.54) is 11.8 Å². The Morgan fingerprint density at radius 1 is 1.67 bits per heavy atom. The molecule has 0 saturated heterocycles. The molecule has 1 heterocycles. The number of hydrogen-bond acceptors (Lipinski definition) is 4. The predicted octanol–water partition coefficient (Wildman–Crippen LogP) is 1.80. The van der Waals surface area contributed by atoms with Crippen LogP contribution in [0.3, 0.4) is 0 Å². The number of aromatic carboxylic acids is 1. The van der Waals surface area contributed by atoms with Crippen LogP contribution < -0.4 is 5.73 Å². The average Bonchev–Trinajstić information content (AvgIpc) is 2.61. The lowest BCUT2D eigenvalue weighted by Crippen LogP contribution is -2.24. The summed E-state index contributed by atoms with van der Waals surface area (Å²) in [6.45, 7) is 1.87. The molecule has 0 bridgehead atoms. The smallest absolute Gasteiger partial charge is 0.345 e. The van der Waals surface area contributed by atoms with Gasteiger partial charge in [0.05, 0.1) is 5.25 Å². The zero-order chi connectivity index (χ0) is 11.4. The molecule has 3 N–H and O–H groups in total. The number of hydrogen-bond donors (Lipinski definition) is 2. The third-order valence-corrected chi connectivity index (χ3v) is 4.18. The van der Waals surface area contributed by atoms with Gasteiger partial charge >= 0.3 is 5.97 Å². The summed E-state index contributed by atoms with van der Waals surface area (Å²) in [5.41, 5.74) is 5.19. The van der Waals surface area contributed by atoms with E-state index < -0.39 is 5.97 Å². The maximum absolute atomic E-state index is 11.0. The summed E-state index contributed by atoms with van der Waals surface area (Å²) in [5, 5.41) is 10.1. The summed E-state index contributed by atoms with van der Waals surface area (Å²) < 4.78 is 0. The highest BCUT2D eigenvalue weighted by molar-refractivity contribution is 8.00. The van der Waals surface area contributed by atoms with Gasteiger partial charge in [-0.2, -0.15) is 0 Å². The van der Waals surface area contributed by atoms with Crippen molar-refractivity contribution in [2.24, 2.45) is 5.73 Å². The van der Waals surface area contributed by atoms with E-state index in [-0.39, 0.29) is 16.0 Å². The van der Waals surface area contributed by atoms with Crippen molar-refractivity contribution in [1.82, 2.24) is 0 Å². The summed E-state index contributed by atoms with van der Waals surface area (Å²) in [6, 6.07) is 1.56. The fourth-order valence-corrected chi connectivity index (χ4v) is 2.85. The molecule has 6 heteroatoms. The quantitative estimate of drug-likeness (QED) is 0.775. The van der Waals surface area contributed by atoms with Gasteiger partial charge < -0.3 is 10.8 Å². The van der Waals surface area contributed by atoms with Crippen molar-refractivity contribution < 1.29 is 14.7 Å². The van der Waals surface area contributed by atoms with Gasteiger partial charge in [-0.25, -0.2) is 4.79 Å². The number of primary amides is 1. The standard InChI is InChI=1S/C9H11NO3S2/c1-2-6(8(10)11)15-5-3-7(9(12)13)14-4-5/h3-4,6H,2H2,1H3,(H2,10,11)(H,12,13). The second-order valence-corrected chi connectivity index (χ2v) is 5.06. The van der Waals surface area contributed by atoms with E-state index in [0.717, 1.165) is 16.2 Å². The van der Waals surface area contributed by atoms with Gasteiger partial charge in [0.1, 0.15) is 4.88 Å². The Morgan fingerprint density at radius 2 is 2.33 bits per heavy atom. The number of thioether (sulfide) groups is 1. The number of carboxylic acid groups (broad SMARTS) is 1. The van der Waals surface area contributed by atoms with Gasteiger partial charge in [-0.3, -0.25) is 4.79 Å². The third kappa shape index (κ3) is 3.24. The highest BCUT2D eigenvalue weighted by Gasteiger charge is 2.16. The molecule has 1 aromatic rings. The lowest BCUT2D eigenvalue weighted by Gasteiger charge is -2.07. The molecule has 4 nitrogen and oxygen atoms in total. The van der Waals surface area contributed by atoms with Crippen molar-refractivity contribution in [1.29, 1.82) is 0 Å². The lowest BCUT2D eigenvalue weighted by molar-refractivity contribution is -0.117. The van der Waals surface area contributed by atoms with E-state index in [9.17, 15) is 9.59 Å². The molecular weight excluding hydrogens is 234 g/mol. The zero-order valence-electron chi connectivity index (χ0n) is 8.10. The fraction of sp³-hybridized carbons (Fsp3) is 0.333. The van der Waals surface area contributed by atoms with Crippen LogP contribution in [0.4, 0.5) is 0 Å². The number of carbonyl (C=O) groups excluding carboxylic acids is 1. The highest BCUT2D eigenvalue weighted by Crippen LogP contribution is 2.29. The van der Waals surface area contributed by atoms with Gasteiger partial charge in [0.15, 0.2) is 0 Å². The molecule has 1 aromatic heterocycles. The van der Waals surface area contributed by atoms with Crippen LogP contribution in [0.5, 0.6) is 0 Å². The number of nitrogens with two attached hydrogens (primary N) is 1. The molecule has 0 radical (unpaired) electrons. The molecule has 0 spiro atoms. The Balaban J connectivity index is 2.71. The van der Waals surface area contributed by atoms with Gasteiger partial charge in [0.2, 0.25) is 5.91 Å². The van der Waals surface area contributed by atoms with Crippen LogP contribution in [0.1, 0.15) is 23.0 Å². The minimum atomic E-state index is -0.945. The molecule has 0 aliphatic rings. The molecule has 15 heavy (non-hydrogen) atoms. The van der Waals surface area contributed by atoms with Crippen molar-refractivity contribution in [2.75, 3.05) is 0 Å². The zero-order valence-corrected chi connectivity index (χ0v) is 9.73. The van der Waals surface area contributed by atoms with Gasteiger partial charge in [0, 0.05) is 10.3 Å². The Bertz CT molecular complexity index is 375. The Kier molecular flexibility index (Phi) is 4.16. The van der Waals surface area contributed by atoms with Crippen LogP contribution in [0.15, 0.2) is 16.3 Å². The Morgan fingerprint density at radius 3 is 2.73 bits per heavy atom. The average molecular weight is 245 g/mol. The van der Waals surface area contributed by atoms with Gasteiger partial charge in [-0.1, -0.05) is 6.92 Å². The summed E-state index contributed by atoms with van der Waals surface area (Å²) >= 11 is 2.46. The summed E-state index contributed by atoms with van der Waals surface area (Å²) in [7, 11) is 0. The molecule has 1 atom stereocenters. The van der Waals surface area contributed by atoms with E-state index in [2.05, 4.69) is 0 Å². The molecule has 0 fully saturated rings. The van der Waals surface area contributed by atoms with E-state index in [1.54, 1.807) is 11.4 Å². The van der Waals surface area contributed by atoms with Crippen LogP contribution in [-0.2, 0) is 4.79 Å². The van der Waals surface area contributed by atoms with Gasteiger partial charge in [-0.05, 0) is 12.5 Å². The first-order valence-electron chi connectivity index (χ1n) is 4.32. The maximum atomic E-state index is 11.0. The van der Waals surface area contributed by atoms with Crippen LogP contribution >= 0.6 is 23.1 Å². The van der Waals surface area contributed by atoms with Crippen molar-refractivity contribution in [3.63, 3.8) is 0 Å². The number of amides is 1. The van der Waals surface area contributed by atoms with Crippen LogP contribution in [0.25, 0.3) is 0 Å². The third-order valence-electron chi connectivity index (χ3n) is 1.75. The van der Waals surface area contributed by atoms with Gasteiger partial charge in [-0.15, -0.1) is 23.1 Å². The first-order valence-corrected chi connectivity index (χ1v) is 6.08. The second kappa shape index (κ2) is 5.18. The number of thiophene rings is 1. The monoisotopic (exact) mass is 245 g/mol. The first kappa shape index (κ1) is 12.1.